The molecule has 0 aliphatic rings. The van der Waals surface area contributed by atoms with E-state index in [-0.39, 0.29) is 5.69 Å². The molecule has 1 rings (SSSR count). The molecule has 0 bridgehead atoms. The standard InChI is InChI=1S/C9H5Br2NO2/c10-5-1-2-7-3-4-8(11)6-9(7)12(13)14/h3-4,6H,5H2. The lowest BCUT2D eigenvalue weighted by Crippen LogP contribution is -1.91. The van der Waals surface area contributed by atoms with Gasteiger partial charge in [-0.1, -0.05) is 43.7 Å². The van der Waals surface area contributed by atoms with Gasteiger partial charge in [0.25, 0.3) is 5.69 Å². The van der Waals surface area contributed by atoms with E-state index >= 15 is 0 Å². The molecule has 5 heteroatoms. The van der Waals surface area contributed by atoms with E-state index in [4.69, 9.17) is 0 Å². The first-order valence-electron chi connectivity index (χ1n) is 3.64. The predicted molar refractivity (Wildman–Crippen MR) is 61.5 cm³/mol. The van der Waals surface area contributed by atoms with Crippen LogP contribution < -0.4 is 0 Å². The Morgan fingerprint density at radius 3 is 2.79 bits per heavy atom. The number of halogens is 2. The summed E-state index contributed by atoms with van der Waals surface area (Å²) in [5, 5.41) is 11.1. The first-order chi connectivity index (χ1) is 6.65. The maximum Gasteiger partial charge on any atom is 0.286 e. The van der Waals surface area contributed by atoms with Gasteiger partial charge in [-0.3, -0.25) is 10.1 Å². The summed E-state index contributed by atoms with van der Waals surface area (Å²) in [5.74, 6) is 5.44. The summed E-state index contributed by atoms with van der Waals surface area (Å²) in [6, 6.07) is 4.79. The molecule has 0 heterocycles. The SMILES string of the molecule is O=[N+]([O-])c1cc(Br)ccc1C#CCBr. The minimum absolute atomic E-state index is 0.0211. The van der Waals surface area contributed by atoms with Crippen LogP contribution in [0.5, 0.6) is 0 Å². The molecule has 0 saturated heterocycles. The van der Waals surface area contributed by atoms with E-state index in [0.29, 0.717) is 15.4 Å². The third-order valence-electron chi connectivity index (χ3n) is 1.45. The predicted octanol–water partition coefficient (Wildman–Crippen LogP) is 3.10. The molecule has 0 aliphatic heterocycles. The molecule has 0 fully saturated rings. The van der Waals surface area contributed by atoms with Gasteiger partial charge in [-0.05, 0) is 12.1 Å². The van der Waals surface area contributed by atoms with Gasteiger partial charge in [0.05, 0.1) is 10.3 Å². The van der Waals surface area contributed by atoms with Gasteiger partial charge >= 0.3 is 0 Å². The summed E-state index contributed by atoms with van der Waals surface area (Å²) in [6.07, 6.45) is 0. The van der Waals surface area contributed by atoms with Crippen molar-refractivity contribution in [3.8, 4) is 11.8 Å². The number of hydrogen-bond donors (Lipinski definition) is 0. The van der Waals surface area contributed by atoms with Crippen LogP contribution in [0.2, 0.25) is 0 Å². The second-order valence-corrected chi connectivity index (χ2v) is 3.83. The van der Waals surface area contributed by atoms with Crippen molar-refractivity contribution in [2.45, 2.75) is 0 Å². The minimum atomic E-state index is -0.441. The Morgan fingerprint density at radius 1 is 1.50 bits per heavy atom. The third kappa shape index (κ3) is 2.82. The Kier molecular flexibility index (Phi) is 4.11. The first-order valence-corrected chi connectivity index (χ1v) is 5.55. The number of nitro groups is 1. The molecule has 72 valence electrons. The summed E-state index contributed by atoms with van der Waals surface area (Å²) in [6.45, 7) is 0. The lowest BCUT2D eigenvalue weighted by atomic mass is 10.2. The summed E-state index contributed by atoms with van der Waals surface area (Å²) >= 11 is 6.30. The maximum absolute atomic E-state index is 10.6. The minimum Gasteiger partial charge on any atom is -0.258 e. The van der Waals surface area contributed by atoms with Crippen LogP contribution in [0.25, 0.3) is 0 Å². The van der Waals surface area contributed by atoms with Gasteiger partial charge in [0.2, 0.25) is 0 Å². The van der Waals surface area contributed by atoms with Gasteiger partial charge in [0.1, 0.15) is 5.56 Å². The fraction of sp³-hybridized carbons (Fsp3) is 0.111. The normalized spacial score (nSPS) is 9.00. The van der Waals surface area contributed by atoms with Crippen molar-refractivity contribution < 1.29 is 4.92 Å². The molecule has 0 aromatic heterocycles. The molecule has 0 aliphatic carbocycles. The van der Waals surface area contributed by atoms with Crippen LogP contribution in [-0.2, 0) is 0 Å². The molecule has 0 amide bonds. The second kappa shape index (κ2) is 5.13. The van der Waals surface area contributed by atoms with Crippen LogP contribution in [0, 0.1) is 22.0 Å². The van der Waals surface area contributed by atoms with Crippen molar-refractivity contribution in [2.75, 3.05) is 5.33 Å². The van der Waals surface area contributed by atoms with Crippen LogP contribution in [-0.4, -0.2) is 10.3 Å². The number of nitro benzene ring substituents is 1. The summed E-state index contributed by atoms with van der Waals surface area (Å²) in [7, 11) is 0. The molecule has 0 atom stereocenters. The third-order valence-corrected chi connectivity index (χ3v) is 2.22. The summed E-state index contributed by atoms with van der Waals surface area (Å²) in [5.41, 5.74) is 0.450. The van der Waals surface area contributed by atoms with Crippen molar-refractivity contribution in [1.82, 2.24) is 0 Å². The van der Waals surface area contributed by atoms with Crippen molar-refractivity contribution in [3.63, 3.8) is 0 Å². The largest absolute Gasteiger partial charge is 0.286 e. The highest BCUT2D eigenvalue weighted by molar-refractivity contribution is 9.10. The summed E-state index contributed by atoms with van der Waals surface area (Å²) in [4.78, 5) is 10.2. The lowest BCUT2D eigenvalue weighted by Gasteiger charge is -1.95. The number of alkyl halides is 1. The van der Waals surface area contributed by atoms with E-state index in [2.05, 4.69) is 43.7 Å². The van der Waals surface area contributed by atoms with E-state index in [1.54, 1.807) is 12.1 Å². The van der Waals surface area contributed by atoms with Gasteiger partial charge in [0, 0.05) is 10.5 Å². The highest BCUT2D eigenvalue weighted by Gasteiger charge is 2.11. The van der Waals surface area contributed by atoms with Crippen LogP contribution in [0.15, 0.2) is 22.7 Å². The quantitative estimate of drug-likeness (QED) is 0.345. The zero-order valence-corrected chi connectivity index (χ0v) is 10.1. The molecular formula is C9H5Br2NO2. The van der Waals surface area contributed by atoms with Crippen molar-refractivity contribution in [3.05, 3.63) is 38.3 Å². The Morgan fingerprint density at radius 2 is 2.21 bits per heavy atom. The van der Waals surface area contributed by atoms with Crippen LogP contribution in [0.1, 0.15) is 5.56 Å². The van der Waals surface area contributed by atoms with Gasteiger partial charge in [-0.25, -0.2) is 0 Å². The fourth-order valence-electron chi connectivity index (χ4n) is 0.890. The average Bonchev–Trinajstić information content (AvgIpc) is 2.15. The van der Waals surface area contributed by atoms with Gasteiger partial charge in [0.15, 0.2) is 0 Å². The smallest absolute Gasteiger partial charge is 0.258 e. The first kappa shape index (κ1) is 11.2. The highest BCUT2D eigenvalue weighted by atomic mass is 79.9. The Balaban J connectivity index is 3.22. The molecule has 1 aromatic carbocycles. The number of hydrogen-bond acceptors (Lipinski definition) is 2. The maximum atomic E-state index is 10.6. The van der Waals surface area contributed by atoms with E-state index in [9.17, 15) is 10.1 Å². The second-order valence-electron chi connectivity index (χ2n) is 2.35. The molecule has 0 saturated carbocycles. The van der Waals surface area contributed by atoms with E-state index in [1.165, 1.54) is 6.07 Å². The molecule has 3 nitrogen and oxygen atoms in total. The molecule has 0 radical (unpaired) electrons. The number of rotatable bonds is 1. The van der Waals surface area contributed by atoms with Gasteiger partial charge in [-0.15, -0.1) is 0 Å². The Labute approximate surface area is 97.9 Å². The van der Waals surface area contributed by atoms with Crippen LogP contribution in [0.3, 0.4) is 0 Å². The lowest BCUT2D eigenvalue weighted by molar-refractivity contribution is -0.385. The van der Waals surface area contributed by atoms with E-state index in [0.717, 1.165) is 0 Å². The average molecular weight is 319 g/mol. The van der Waals surface area contributed by atoms with Crippen molar-refractivity contribution >= 4 is 37.5 Å². The van der Waals surface area contributed by atoms with Gasteiger partial charge in [-0.2, -0.15) is 0 Å². The Bertz CT molecular complexity index is 421. The molecule has 0 unspecified atom stereocenters. The Hall–Kier alpha value is -0.860. The zero-order valence-electron chi connectivity index (χ0n) is 6.96. The molecule has 0 N–H and O–H groups in total. The van der Waals surface area contributed by atoms with Crippen LogP contribution >= 0.6 is 31.9 Å². The van der Waals surface area contributed by atoms with E-state index < -0.39 is 4.92 Å². The monoisotopic (exact) mass is 317 g/mol. The number of nitrogens with zero attached hydrogens (tertiary/aromatic N) is 1. The van der Waals surface area contributed by atoms with Crippen molar-refractivity contribution in [2.24, 2.45) is 0 Å². The zero-order chi connectivity index (χ0) is 10.6. The van der Waals surface area contributed by atoms with Crippen LogP contribution in [0.4, 0.5) is 5.69 Å². The molecule has 0 spiro atoms. The molecule has 14 heavy (non-hydrogen) atoms. The fourth-order valence-corrected chi connectivity index (χ4v) is 1.38. The summed E-state index contributed by atoms with van der Waals surface area (Å²) < 4.78 is 0.675. The van der Waals surface area contributed by atoms with Gasteiger partial charge < -0.3 is 0 Å². The van der Waals surface area contributed by atoms with Crippen molar-refractivity contribution in [1.29, 1.82) is 0 Å². The number of benzene rings is 1. The molecular weight excluding hydrogens is 314 g/mol. The highest BCUT2D eigenvalue weighted by Crippen LogP contribution is 2.22. The topological polar surface area (TPSA) is 43.1 Å². The molecule has 1 aromatic rings. The van der Waals surface area contributed by atoms with E-state index in [1.807, 2.05) is 0 Å².